The number of nitrogens with one attached hydrogen (secondary N) is 2. The van der Waals surface area contributed by atoms with Crippen LogP contribution in [0.4, 0.5) is 0 Å². The summed E-state index contributed by atoms with van der Waals surface area (Å²) >= 11 is 1.71. The average molecular weight is 463 g/mol. The van der Waals surface area contributed by atoms with Crippen molar-refractivity contribution in [3.8, 4) is 5.69 Å². The zero-order valence-electron chi connectivity index (χ0n) is 19.1. The van der Waals surface area contributed by atoms with E-state index in [-0.39, 0.29) is 23.4 Å². The lowest BCUT2D eigenvalue weighted by molar-refractivity contribution is -0.123. The number of hydrogen-bond acceptors (Lipinski definition) is 4. The Balaban J connectivity index is 1.35. The molecule has 3 aromatic rings. The molecule has 0 unspecified atom stereocenters. The highest BCUT2D eigenvalue weighted by molar-refractivity contribution is 7.98. The molecular formula is C26H30N4O2S. The maximum Gasteiger partial charge on any atom is 0.220 e. The van der Waals surface area contributed by atoms with Crippen LogP contribution in [-0.2, 0) is 16.0 Å². The van der Waals surface area contributed by atoms with Crippen LogP contribution >= 0.6 is 11.8 Å². The highest BCUT2D eigenvalue weighted by Gasteiger charge is 2.37. The summed E-state index contributed by atoms with van der Waals surface area (Å²) in [5.74, 6) is 0.0473. The zero-order chi connectivity index (χ0) is 23.3. The fourth-order valence-corrected chi connectivity index (χ4v) is 4.76. The standard InChI is InChI=1S/C26H30N4O2S/c1-19(21-17-27-30(18-21)22-6-4-3-5-7-22)28-24(31)12-14-26(15-13-25(32)29-26)16-20-8-10-23(33-2)11-9-20/h3-11,17-19H,12-16H2,1-2H3,(H,28,31)(H,29,32)/t19-,26-/m1/s1. The fourth-order valence-electron chi connectivity index (χ4n) is 4.35. The topological polar surface area (TPSA) is 76.0 Å². The third-order valence-corrected chi connectivity index (χ3v) is 7.01. The third-order valence-electron chi connectivity index (χ3n) is 6.27. The molecule has 6 nitrogen and oxygen atoms in total. The van der Waals surface area contributed by atoms with Gasteiger partial charge in [-0.05, 0) is 62.3 Å². The van der Waals surface area contributed by atoms with Gasteiger partial charge >= 0.3 is 0 Å². The molecule has 0 saturated carbocycles. The van der Waals surface area contributed by atoms with Crippen LogP contribution < -0.4 is 10.6 Å². The third kappa shape index (κ3) is 5.85. The Bertz CT molecular complexity index is 1100. The number of amides is 2. The van der Waals surface area contributed by atoms with Crippen LogP contribution in [0.25, 0.3) is 5.69 Å². The van der Waals surface area contributed by atoms with Crippen molar-refractivity contribution in [1.82, 2.24) is 20.4 Å². The van der Waals surface area contributed by atoms with Crippen molar-refractivity contribution >= 4 is 23.6 Å². The minimum atomic E-state index is -0.364. The van der Waals surface area contributed by atoms with Crippen molar-refractivity contribution in [3.63, 3.8) is 0 Å². The van der Waals surface area contributed by atoms with Crippen molar-refractivity contribution in [2.45, 2.75) is 55.5 Å². The van der Waals surface area contributed by atoms with Gasteiger partial charge in [0.2, 0.25) is 11.8 Å². The van der Waals surface area contributed by atoms with Gasteiger partial charge in [-0.25, -0.2) is 4.68 Å². The largest absolute Gasteiger partial charge is 0.350 e. The molecule has 1 saturated heterocycles. The van der Waals surface area contributed by atoms with E-state index >= 15 is 0 Å². The Kier molecular flexibility index (Phi) is 7.18. The number of hydrogen-bond donors (Lipinski definition) is 2. The first-order valence-electron chi connectivity index (χ1n) is 11.3. The van der Waals surface area contributed by atoms with Crippen molar-refractivity contribution in [3.05, 3.63) is 78.1 Å². The molecule has 0 spiro atoms. The van der Waals surface area contributed by atoms with Gasteiger partial charge in [-0.3, -0.25) is 9.59 Å². The average Bonchev–Trinajstić information content (AvgIpc) is 3.47. The molecule has 2 N–H and O–H groups in total. The molecule has 0 radical (unpaired) electrons. The highest BCUT2D eigenvalue weighted by atomic mass is 32.2. The molecule has 7 heteroatoms. The summed E-state index contributed by atoms with van der Waals surface area (Å²) in [4.78, 5) is 26.0. The molecule has 0 bridgehead atoms. The summed E-state index contributed by atoms with van der Waals surface area (Å²) in [6.07, 6.45) is 8.76. The smallest absolute Gasteiger partial charge is 0.220 e. The number of aromatic nitrogens is 2. The first-order chi connectivity index (χ1) is 16.0. The zero-order valence-corrected chi connectivity index (χ0v) is 19.9. The van der Waals surface area contributed by atoms with Crippen LogP contribution in [0.1, 0.15) is 49.8 Å². The van der Waals surface area contributed by atoms with E-state index in [1.807, 2.05) is 48.1 Å². The van der Waals surface area contributed by atoms with Crippen LogP contribution in [0.2, 0.25) is 0 Å². The Labute approximate surface area is 199 Å². The molecule has 2 amide bonds. The van der Waals surface area contributed by atoms with Crippen molar-refractivity contribution in [2.75, 3.05) is 6.26 Å². The van der Waals surface area contributed by atoms with Gasteiger partial charge in [-0.2, -0.15) is 5.10 Å². The molecule has 2 aromatic carbocycles. The minimum absolute atomic E-state index is 0.0202. The second-order valence-electron chi connectivity index (χ2n) is 8.70. The van der Waals surface area contributed by atoms with Gasteiger partial charge in [0, 0.05) is 35.0 Å². The SMILES string of the molecule is CSc1ccc(C[C@@]2(CCC(=O)N[C@H](C)c3cnn(-c4ccccc4)c3)CCC(=O)N2)cc1. The number of nitrogens with zero attached hydrogens (tertiary/aromatic N) is 2. The van der Waals surface area contributed by atoms with Gasteiger partial charge in [0.15, 0.2) is 0 Å². The van der Waals surface area contributed by atoms with Gasteiger partial charge < -0.3 is 10.6 Å². The number of para-hydroxylation sites is 1. The molecule has 2 atom stereocenters. The van der Waals surface area contributed by atoms with E-state index in [0.717, 1.165) is 24.1 Å². The summed E-state index contributed by atoms with van der Waals surface area (Å²) in [7, 11) is 0. The van der Waals surface area contributed by atoms with E-state index in [0.29, 0.717) is 19.3 Å². The van der Waals surface area contributed by atoms with Crippen LogP contribution in [0.15, 0.2) is 71.9 Å². The van der Waals surface area contributed by atoms with Crippen LogP contribution in [0.3, 0.4) is 0 Å². The normalized spacial score (nSPS) is 18.7. The predicted octanol–water partition coefficient (Wildman–Crippen LogP) is 4.44. The maximum atomic E-state index is 12.8. The van der Waals surface area contributed by atoms with Crippen molar-refractivity contribution < 1.29 is 9.59 Å². The molecule has 0 aliphatic carbocycles. The molecule has 1 fully saturated rings. The second kappa shape index (κ2) is 10.3. The Morgan fingerprint density at radius 1 is 1.21 bits per heavy atom. The van der Waals surface area contributed by atoms with Gasteiger partial charge in [0.25, 0.3) is 0 Å². The molecule has 1 aliphatic heterocycles. The fraction of sp³-hybridized carbons (Fsp3) is 0.346. The molecular weight excluding hydrogens is 432 g/mol. The van der Waals surface area contributed by atoms with Crippen LogP contribution in [0.5, 0.6) is 0 Å². The van der Waals surface area contributed by atoms with E-state index in [2.05, 4.69) is 46.3 Å². The van der Waals surface area contributed by atoms with E-state index in [4.69, 9.17) is 0 Å². The monoisotopic (exact) mass is 462 g/mol. The number of thioether (sulfide) groups is 1. The van der Waals surface area contributed by atoms with Crippen LogP contribution in [-0.4, -0.2) is 33.4 Å². The van der Waals surface area contributed by atoms with Crippen LogP contribution in [0, 0.1) is 0 Å². The van der Waals surface area contributed by atoms with Gasteiger partial charge in [0.1, 0.15) is 0 Å². The molecule has 2 heterocycles. The second-order valence-corrected chi connectivity index (χ2v) is 9.58. The molecule has 1 aromatic heterocycles. The van der Waals surface area contributed by atoms with E-state index < -0.39 is 0 Å². The highest BCUT2D eigenvalue weighted by Crippen LogP contribution is 2.30. The van der Waals surface area contributed by atoms with Gasteiger partial charge in [0.05, 0.1) is 17.9 Å². The Morgan fingerprint density at radius 3 is 2.64 bits per heavy atom. The number of carbonyl (C=O) groups excluding carboxylic acids is 2. The molecule has 33 heavy (non-hydrogen) atoms. The minimum Gasteiger partial charge on any atom is -0.350 e. The summed E-state index contributed by atoms with van der Waals surface area (Å²) in [5, 5.41) is 10.7. The first kappa shape index (κ1) is 23.1. The summed E-state index contributed by atoms with van der Waals surface area (Å²) in [5.41, 5.74) is 2.74. The molecule has 172 valence electrons. The lowest BCUT2D eigenvalue weighted by atomic mass is 9.85. The Morgan fingerprint density at radius 2 is 1.97 bits per heavy atom. The molecule has 1 aliphatic rings. The van der Waals surface area contributed by atoms with E-state index in [1.54, 1.807) is 18.0 Å². The van der Waals surface area contributed by atoms with Crippen molar-refractivity contribution in [2.24, 2.45) is 0 Å². The number of benzene rings is 2. The van der Waals surface area contributed by atoms with Crippen molar-refractivity contribution in [1.29, 1.82) is 0 Å². The number of rotatable bonds is 9. The summed E-state index contributed by atoms with van der Waals surface area (Å²) in [6, 6.07) is 18.2. The summed E-state index contributed by atoms with van der Waals surface area (Å²) < 4.78 is 1.81. The number of carbonyl (C=O) groups is 2. The van der Waals surface area contributed by atoms with E-state index in [1.165, 1.54) is 10.5 Å². The molecule has 4 rings (SSSR count). The first-order valence-corrected chi connectivity index (χ1v) is 12.5. The Hall–Kier alpha value is -3.06. The lowest BCUT2D eigenvalue weighted by Gasteiger charge is -2.29. The summed E-state index contributed by atoms with van der Waals surface area (Å²) in [6.45, 7) is 1.96. The maximum absolute atomic E-state index is 12.8. The lowest BCUT2D eigenvalue weighted by Crippen LogP contribution is -2.44. The van der Waals surface area contributed by atoms with Gasteiger partial charge in [-0.15, -0.1) is 11.8 Å². The van der Waals surface area contributed by atoms with Gasteiger partial charge in [-0.1, -0.05) is 30.3 Å². The quantitative estimate of drug-likeness (QED) is 0.461. The predicted molar refractivity (Wildman–Crippen MR) is 131 cm³/mol. The van der Waals surface area contributed by atoms with E-state index in [9.17, 15) is 9.59 Å².